The number of carbonyl (C=O) groups is 1. The summed E-state index contributed by atoms with van der Waals surface area (Å²) >= 11 is 0. The maximum Gasteiger partial charge on any atom is 0.254 e. The van der Waals surface area contributed by atoms with E-state index < -0.39 is 0 Å². The number of pyridine rings is 1. The molecule has 0 saturated carbocycles. The van der Waals surface area contributed by atoms with Gasteiger partial charge in [0.2, 0.25) is 0 Å². The predicted molar refractivity (Wildman–Crippen MR) is 143 cm³/mol. The van der Waals surface area contributed by atoms with Crippen LogP contribution in [0.4, 0.5) is 0 Å². The number of hydrogen-bond donors (Lipinski definition) is 0. The van der Waals surface area contributed by atoms with Gasteiger partial charge in [-0.3, -0.25) is 14.5 Å². The number of amides is 1. The first-order valence-electron chi connectivity index (χ1n) is 12.8. The Balaban J connectivity index is 1.56. The lowest BCUT2D eigenvalue weighted by Gasteiger charge is -2.34. The minimum Gasteiger partial charge on any atom is -0.492 e. The van der Waals surface area contributed by atoms with Crippen LogP contribution < -0.4 is 4.74 Å². The molecule has 194 valence electrons. The highest BCUT2D eigenvalue weighted by Crippen LogP contribution is 2.36. The van der Waals surface area contributed by atoms with E-state index in [1.165, 1.54) is 6.20 Å². The van der Waals surface area contributed by atoms with Gasteiger partial charge >= 0.3 is 0 Å². The molecule has 1 aliphatic rings. The van der Waals surface area contributed by atoms with Crippen molar-refractivity contribution in [3.05, 3.63) is 82.5 Å². The normalized spacial score (nSPS) is 13.8. The Kier molecular flexibility index (Phi) is 6.72. The summed E-state index contributed by atoms with van der Waals surface area (Å²) in [7, 11) is 1.91. The summed E-state index contributed by atoms with van der Waals surface area (Å²) in [6.07, 6.45) is 8.00. The molecule has 1 amide bonds. The van der Waals surface area contributed by atoms with Crippen LogP contribution in [0.15, 0.2) is 43.0 Å². The SMILES string of the molecule is CCOc1cc(C(C)N2CCc3c(cc(Cn4ccnc4C)cc3-c3cn(C)nc3C)C2=O)ncc1C#N. The smallest absolute Gasteiger partial charge is 0.254 e. The third-order valence-electron chi connectivity index (χ3n) is 7.19. The second-order valence-corrected chi connectivity index (χ2v) is 9.65. The lowest BCUT2D eigenvalue weighted by Crippen LogP contribution is -2.40. The maximum atomic E-state index is 14.0. The van der Waals surface area contributed by atoms with Crippen LogP contribution in [-0.2, 0) is 20.0 Å². The molecule has 9 heteroatoms. The van der Waals surface area contributed by atoms with Gasteiger partial charge in [-0.25, -0.2) is 4.98 Å². The number of rotatable bonds is 7. The van der Waals surface area contributed by atoms with Crippen LogP contribution in [-0.4, -0.2) is 48.3 Å². The monoisotopic (exact) mass is 509 g/mol. The van der Waals surface area contributed by atoms with Crippen molar-refractivity contribution in [3.8, 4) is 22.9 Å². The van der Waals surface area contributed by atoms with Crippen LogP contribution in [0.2, 0.25) is 0 Å². The summed E-state index contributed by atoms with van der Waals surface area (Å²) < 4.78 is 9.55. The molecule has 0 radical (unpaired) electrons. The van der Waals surface area contributed by atoms with E-state index in [9.17, 15) is 10.1 Å². The van der Waals surface area contributed by atoms with Gasteiger partial charge in [-0.15, -0.1) is 0 Å². The number of aryl methyl sites for hydroxylation is 3. The molecule has 5 rings (SSSR count). The zero-order valence-electron chi connectivity index (χ0n) is 22.4. The Bertz CT molecular complexity index is 1560. The number of aromatic nitrogens is 5. The Labute approximate surface area is 222 Å². The van der Waals surface area contributed by atoms with E-state index in [0.717, 1.165) is 33.8 Å². The van der Waals surface area contributed by atoms with Gasteiger partial charge in [-0.05, 0) is 62.9 Å². The van der Waals surface area contributed by atoms with Crippen molar-refractivity contribution >= 4 is 5.91 Å². The Hall–Kier alpha value is -4.45. The molecule has 38 heavy (non-hydrogen) atoms. The number of carbonyl (C=O) groups excluding carboxylic acids is 1. The third-order valence-corrected chi connectivity index (χ3v) is 7.19. The molecule has 1 atom stereocenters. The molecule has 0 bridgehead atoms. The van der Waals surface area contributed by atoms with Gasteiger partial charge in [0.15, 0.2) is 0 Å². The molecule has 0 fully saturated rings. The summed E-state index contributed by atoms with van der Waals surface area (Å²) in [5, 5.41) is 14.0. The highest BCUT2D eigenvalue weighted by atomic mass is 16.5. The summed E-state index contributed by atoms with van der Waals surface area (Å²) in [5.74, 6) is 1.37. The molecule has 4 heterocycles. The van der Waals surface area contributed by atoms with Gasteiger partial charge < -0.3 is 14.2 Å². The average Bonchev–Trinajstić information content (AvgIpc) is 3.47. The van der Waals surface area contributed by atoms with E-state index >= 15 is 0 Å². The number of fused-ring (bicyclic) bond motifs is 1. The fourth-order valence-corrected chi connectivity index (χ4v) is 5.21. The molecular weight excluding hydrogens is 478 g/mol. The predicted octanol–water partition coefficient (Wildman–Crippen LogP) is 4.37. The Morgan fingerprint density at radius 1 is 1.16 bits per heavy atom. The average molecular weight is 510 g/mol. The molecule has 0 saturated heterocycles. The molecule has 0 N–H and O–H groups in total. The van der Waals surface area contributed by atoms with Crippen molar-refractivity contribution in [2.75, 3.05) is 13.2 Å². The zero-order chi connectivity index (χ0) is 27.0. The van der Waals surface area contributed by atoms with Crippen LogP contribution in [0.3, 0.4) is 0 Å². The summed E-state index contributed by atoms with van der Waals surface area (Å²) in [6, 6.07) is 7.81. The molecule has 4 aromatic rings. The number of imidazole rings is 1. The second-order valence-electron chi connectivity index (χ2n) is 9.65. The van der Waals surface area contributed by atoms with Crippen molar-refractivity contribution < 1.29 is 9.53 Å². The Morgan fingerprint density at radius 2 is 1.95 bits per heavy atom. The molecule has 3 aromatic heterocycles. The molecule has 1 aromatic carbocycles. The number of ether oxygens (including phenoxy) is 1. The van der Waals surface area contributed by atoms with Crippen LogP contribution in [0.25, 0.3) is 11.1 Å². The van der Waals surface area contributed by atoms with Crippen LogP contribution in [0.5, 0.6) is 5.75 Å². The number of benzene rings is 1. The van der Waals surface area contributed by atoms with Gasteiger partial charge in [0, 0.05) is 62.1 Å². The van der Waals surface area contributed by atoms with Crippen molar-refractivity contribution in [3.63, 3.8) is 0 Å². The van der Waals surface area contributed by atoms with Crippen LogP contribution in [0, 0.1) is 25.2 Å². The van der Waals surface area contributed by atoms with Crippen LogP contribution in [0.1, 0.15) is 64.1 Å². The van der Waals surface area contributed by atoms with Gasteiger partial charge in [0.1, 0.15) is 23.2 Å². The van der Waals surface area contributed by atoms with Crippen molar-refractivity contribution in [1.29, 1.82) is 5.26 Å². The van der Waals surface area contributed by atoms with Crippen molar-refractivity contribution in [2.24, 2.45) is 7.05 Å². The minimum atomic E-state index is -0.286. The van der Waals surface area contributed by atoms with Gasteiger partial charge in [0.25, 0.3) is 5.91 Å². The minimum absolute atomic E-state index is 0.0325. The largest absolute Gasteiger partial charge is 0.492 e. The standard InChI is InChI=1S/C29H31N7O2/c1-6-38-28-13-27(32-15-22(28)14-30)19(3)36-9-7-23-24(26-17-34(5)33-18(26)2)11-21(12-25(23)29(36)37)16-35-10-8-31-20(35)4/h8,10-13,15,17,19H,6-7,9,16H2,1-5H3. The number of hydrogen-bond acceptors (Lipinski definition) is 6. The zero-order valence-corrected chi connectivity index (χ0v) is 22.4. The molecule has 9 nitrogen and oxygen atoms in total. The summed E-state index contributed by atoms with van der Waals surface area (Å²) in [6.45, 7) is 9.44. The topological polar surface area (TPSA) is 102 Å². The number of nitriles is 1. The molecule has 1 unspecified atom stereocenters. The van der Waals surface area contributed by atoms with E-state index in [4.69, 9.17) is 4.74 Å². The van der Waals surface area contributed by atoms with Crippen LogP contribution >= 0.6 is 0 Å². The van der Waals surface area contributed by atoms with E-state index in [1.807, 2.05) is 62.8 Å². The lowest BCUT2D eigenvalue weighted by atomic mass is 9.87. The molecule has 0 spiro atoms. The summed E-state index contributed by atoms with van der Waals surface area (Å²) in [4.78, 5) is 24.7. The van der Waals surface area contributed by atoms with Crippen molar-refractivity contribution in [1.82, 2.24) is 29.2 Å². The highest BCUT2D eigenvalue weighted by molar-refractivity contribution is 5.99. The summed E-state index contributed by atoms with van der Waals surface area (Å²) in [5.41, 5.74) is 6.87. The first kappa shape index (κ1) is 25.2. The third kappa shape index (κ3) is 4.54. The Morgan fingerprint density at radius 3 is 2.61 bits per heavy atom. The van der Waals surface area contributed by atoms with E-state index in [-0.39, 0.29) is 11.9 Å². The van der Waals surface area contributed by atoms with Gasteiger partial charge in [-0.2, -0.15) is 10.4 Å². The number of nitrogens with zero attached hydrogens (tertiary/aromatic N) is 7. The van der Waals surface area contributed by atoms with E-state index in [0.29, 0.717) is 48.7 Å². The second kappa shape index (κ2) is 10.1. The van der Waals surface area contributed by atoms with Gasteiger partial charge in [-0.1, -0.05) is 0 Å². The van der Waals surface area contributed by atoms with E-state index in [2.05, 4.69) is 31.8 Å². The fourth-order valence-electron chi connectivity index (χ4n) is 5.21. The molecule has 1 aliphatic heterocycles. The lowest BCUT2D eigenvalue weighted by molar-refractivity contribution is 0.0669. The fraction of sp³-hybridized carbons (Fsp3) is 0.345. The van der Waals surface area contributed by atoms with Gasteiger partial charge in [0.05, 0.1) is 24.0 Å². The highest BCUT2D eigenvalue weighted by Gasteiger charge is 2.32. The first-order valence-corrected chi connectivity index (χ1v) is 12.8. The van der Waals surface area contributed by atoms with Crippen molar-refractivity contribution in [2.45, 2.75) is 46.7 Å². The quantitative estimate of drug-likeness (QED) is 0.367. The first-order chi connectivity index (χ1) is 18.3. The molecule has 0 aliphatic carbocycles. The van der Waals surface area contributed by atoms with E-state index in [1.54, 1.807) is 12.3 Å². The molecular formula is C29H31N7O2. The maximum absolute atomic E-state index is 14.0.